The Morgan fingerprint density at radius 2 is 2.00 bits per heavy atom. The Bertz CT molecular complexity index is 575. The molecule has 0 unspecified atom stereocenters. The predicted octanol–water partition coefficient (Wildman–Crippen LogP) is 2.09. The molecule has 0 atom stereocenters. The van der Waals surface area contributed by atoms with Gasteiger partial charge in [0.15, 0.2) is 0 Å². The van der Waals surface area contributed by atoms with Gasteiger partial charge in [0.1, 0.15) is 11.5 Å². The van der Waals surface area contributed by atoms with E-state index in [0.717, 1.165) is 29.2 Å². The van der Waals surface area contributed by atoms with Gasteiger partial charge in [-0.3, -0.25) is 9.88 Å². The number of aliphatic hydroxyl groups is 1. The van der Waals surface area contributed by atoms with E-state index in [4.69, 9.17) is 9.47 Å². The second-order valence-electron chi connectivity index (χ2n) is 4.97. The summed E-state index contributed by atoms with van der Waals surface area (Å²) in [6.07, 6.45) is 3.60. The lowest BCUT2D eigenvalue weighted by Crippen LogP contribution is -2.26. The van der Waals surface area contributed by atoms with Crippen LogP contribution >= 0.6 is 0 Å². The first-order valence-corrected chi connectivity index (χ1v) is 7.20. The van der Waals surface area contributed by atoms with Crippen molar-refractivity contribution in [3.05, 3.63) is 53.9 Å². The Kier molecular flexibility index (Phi) is 6.18. The molecular weight excluding hydrogens is 280 g/mol. The van der Waals surface area contributed by atoms with Crippen LogP contribution in [0.3, 0.4) is 0 Å². The molecule has 0 saturated carbocycles. The second kappa shape index (κ2) is 8.36. The molecule has 1 heterocycles. The van der Waals surface area contributed by atoms with Crippen molar-refractivity contribution in [3.63, 3.8) is 0 Å². The maximum Gasteiger partial charge on any atom is 0.123 e. The number of hydrogen-bond acceptors (Lipinski definition) is 5. The van der Waals surface area contributed by atoms with Crippen LogP contribution in [-0.2, 0) is 13.1 Å². The largest absolute Gasteiger partial charge is 0.497 e. The molecular formula is C17H22N2O3. The zero-order chi connectivity index (χ0) is 15.8. The van der Waals surface area contributed by atoms with E-state index in [1.54, 1.807) is 20.4 Å². The van der Waals surface area contributed by atoms with E-state index in [0.29, 0.717) is 13.1 Å². The number of ether oxygens (including phenoxy) is 2. The summed E-state index contributed by atoms with van der Waals surface area (Å²) >= 11 is 0. The van der Waals surface area contributed by atoms with Gasteiger partial charge in [-0.2, -0.15) is 0 Å². The van der Waals surface area contributed by atoms with Crippen molar-refractivity contribution in [1.29, 1.82) is 0 Å². The molecule has 0 spiro atoms. The molecule has 0 amide bonds. The first-order chi connectivity index (χ1) is 10.8. The number of aliphatic hydroxyl groups excluding tert-OH is 1. The fraction of sp³-hybridized carbons (Fsp3) is 0.353. The number of hydrogen-bond donors (Lipinski definition) is 1. The van der Waals surface area contributed by atoms with E-state index in [9.17, 15) is 5.11 Å². The van der Waals surface area contributed by atoms with Crippen LogP contribution in [0.5, 0.6) is 11.5 Å². The SMILES string of the molecule is COc1ccc(OC)c(CN(CCO)Cc2cccnc2)c1. The van der Waals surface area contributed by atoms with Crippen molar-refractivity contribution in [1.82, 2.24) is 9.88 Å². The van der Waals surface area contributed by atoms with Crippen molar-refractivity contribution in [2.24, 2.45) is 0 Å². The van der Waals surface area contributed by atoms with Crippen LogP contribution in [0.25, 0.3) is 0 Å². The van der Waals surface area contributed by atoms with E-state index < -0.39 is 0 Å². The summed E-state index contributed by atoms with van der Waals surface area (Å²) in [6.45, 7) is 2.06. The van der Waals surface area contributed by atoms with Crippen LogP contribution < -0.4 is 9.47 Å². The zero-order valence-electron chi connectivity index (χ0n) is 13.0. The third-order valence-electron chi connectivity index (χ3n) is 3.43. The van der Waals surface area contributed by atoms with Crippen LogP contribution in [0.4, 0.5) is 0 Å². The van der Waals surface area contributed by atoms with Gasteiger partial charge >= 0.3 is 0 Å². The molecule has 1 aromatic carbocycles. The Hall–Kier alpha value is -2.11. The molecule has 0 saturated heterocycles. The second-order valence-corrected chi connectivity index (χ2v) is 4.97. The number of benzene rings is 1. The predicted molar refractivity (Wildman–Crippen MR) is 85.0 cm³/mol. The normalized spacial score (nSPS) is 10.7. The topological polar surface area (TPSA) is 54.8 Å². The molecule has 118 valence electrons. The number of nitrogens with zero attached hydrogens (tertiary/aromatic N) is 2. The Morgan fingerprint density at radius 1 is 1.14 bits per heavy atom. The summed E-state index contributed by atoms with van der Waals surface area (Å²) in [6, 6.07) is 9.68. The third kappa shape index (κ3) is 4.44. The number of methoxy groups -OCH3 is 2. The zero-order valence-corrected chi connectivity index (χ0v) is 13.0. The summed E-state index contributed by atoms with van der Waals surface area (Å²) in [5.41, 5.74) is 2.14. The molecule has 1 N–H and O–H groups in total. The maximum absolute atomic E-state index is 9.31. The van der Waals surface area contributed by atoms with E-state index in [2.05, 4.69) is 9.88 Å². The number of aromatic nitrogens is 1. The molecule has 0 bridgehead atoms. The Morgan fingerprint density at radius 3 is 2.64 bits per heavy atom. The molecule has 0 aliphatic carbocycles. The van der Waals surface area contributed by atoms with Crippen molar-refractivity contribution in [2.45, 2.75) is 13.1 Å². The summed E-state index contributed by atoms with van der Waals surface area (Å²) in [4.78, 5) is 6.28. The van der Waals surface area contributed by atoms with Crippen LogP contribution in [0.2, 0.25) is 0 Å². The van der Waals surface area contributed by atoms with Gasteiger partial charge < -0.3 is 14.6 Å². The van der Waals surface area contributed by atoms with Crippen LogP contribution in [0.1, 0.15) is 11.1 Å². The monoisotopic (exact) mass is 302 g/mol. The molecule has 2 rings (SSSR count). The lowest BCUT2D eigenvalue weighted by Gasteiger charge is -2.22. The minimum Gasteiger partial charge on any atom is -0.497 e. The molecule has 2 aromatic rings. The van der Waals surface area contributed by atoms with E-state index >= 15 is 0 Å². The number of rotatable bonds is 8. The highest BCUT2D eigenvalue weighted by molar-refractivity contribution is 5.40. The summed E-state index contributed by atoms with van der Waals surface area (Å²) in [7, 11) is 3.30. The van der Waals surface area contributed by atoms with Crippen LogP contribution in [0, 0.1) is 0 Å². The smallest absolute Gasteiger partial charge is 0.123 e. The first-order valence-electron chi connectivity index (χ1n) is 7.20. The quantitative estimate of drug-likeness (QED) is 0.809. The molecule has 22 heavy (non-hydrogen) atoms. The average molecular weight is 302 g/mol. The summed E-state index contributed by atoms with van der Waals surface area (Å²) < 4.78 is 10.7. The lowest BCUT2D eigenvalue weighted by molar-refractivity contribution is 0.182. The van der Waals surface area contributed by atoms with E-state index in [1.807, 2.05) is 36.5 Å². The molecule has 0 aliphatic heterocycles. The van der Waals surface area contributed by atoms with Gasteiger partial charge in [0.25, 0.3) is 0 Å². The molecule has 0 aliphatic rings. The maximum atomic E-state index is 9.31. The molecule has 5 nitrogen and oxygen atoms in total. The van der Waals surface area contributed by atoms with Gasteiger partial charge in [-0.05, 0) is 29.8 Å². The summed E-state index contributed by atoms with van der Waals surface area (Å²) in [5, 5.41) is 9.31. The Balaban J connectivity index is 2.16. The van der Waals surface area contributed by atoms with Gasteiger partial charge in [-0.1, -0.05) is 6.07 Å². The highest BCUT2D eigenvalue weighted by Gasteiger charge is 2.11. The highest BCUT2D eigenvalue weighted by Crippen LogP contribution is 2.25. The van der Waals surface area contributed by atoms with Crippen molar-refractivity contribution in [2.75, 3.05) is 27.4 Å². The van der Waals surface area contributed by atoms with E-state index in [1.165, 1.54) is 0 Å². The van der Waals surface area contributed by atoms with Crippen molar-refractivity contribution < 1.29 is 14.6 Å². The van der Waals surface area contributed by atoms with Crippen molar-refractivity contribution in [3.8, 4) is 11.5 Å². The minimum atomic E-state index is 0.104. The highest BCUT2D eigenvalue weighted by atomic mass is 16.5. The van der Waals surface area contributed by atoms with E-state index in [-0.39, 0.29) is 6.61 Å². The van der Waals surface area contributed by atoms with Crippen molar-refractivity contribution >= 4 is 0 Å². The Labute approximate surface area is 131 Å². The fourth-order valence-corrected chi connectivity index (χ4v) is 2.35. The van der Waals surface area contributed by atoms with Gasteiger partial charge in [0.2, 0.25) is 0 Å². The fourth-order valence-electron chi connectivity index (χ4n) is 2.35. The van der Waals surface area contributed by atoms with Crippen LogP contribution in [-0.4, -0.2) is 42.4 Å². The lowest BCUT2D eigenvalue weighted by atomic mass is 10.1. The van der Waals surface area contributed by atoms with Gasteiger partial charge in [0, 0.05) is 37.6 Å². The van der Waals surface area contributed by atoms with Gasteiger partial charge in [-0.15, -0.1) is 0 Å². The average Bonchev–Trinajstić information content (AvgIpc) is 2.56. The number of pyridine rings is 1. The van der Waals surface area contributed by atoms with Crippen LogP contribution in [0.15, 0.2) is 42.7 Å². The van der Waals surface area contributed by atoms with Gasteiger partial charge in [0.05, 0.1) is 20.8 Å². The summed E-state index contributed by atoms with van der Waals surface area (Å²) in [5.74, 6) is 1.61. The third-order valence-corrected chi connectivity index (χ3v) is 3.43. The molecule has 0 radical (unpaired) electrons. The van der Waals surface area contributed by atoms with Gasteiger partial charge in [-0.25, -0.2) is 0 Å². The molecule has 5 heteroatoms. The molecule has 1 aromatic heterocycles. The standard InChI is InChI=1S/C17H22N2O3/c1-21-16-5-6-17(22-2)15(10-16)13-19(8-9-20)12-14-4-3-7-18-11-14/h3-7,10-11,20H,8-9,12-13H2,1-2H3. The molecule has 0 fully saturated rings. The first kappa shape index (κ1) is 16.3. The minimum absolute atomic E-state index is 0.104.